The smallest absolute Gasteiger partial charge is 0.462 e. The van der Waals surface area contributed by atoms with Crippen LogP contribution in [0.4, 0.5) is 0 Å². The Bertz CT molecular complexity index is 1890. The zero-order valence-corrected chi connectivity index (χ0v) is 64.8. The molecule has 19 heteroatoms. The number of unbranched alkanes of at least 4 members (excludes halogenated alkanes) is 38. The lowest BCUT2D eigenvalue weighted by atomic mass is 9.99. The minimum atomic E-state index is -4.96. The largest absolute Gasteiger partial charge is 0.472 e. The van der Waals surface area contributed by atoms with Gasteiger partial charge in [0, 0.05) is 25.7 Å². The lowest BCUT2D eigenvalue weighted by Crippen LogP contribution is -2.30. The molecule has 570 valence electrons. The monoisotopic (exact) mass is 1410 g/mol. The molecule has 0 spiro atoms. The van der Waals surface area contributed by atoms with Gasteiger partial charge in [-0.3, -0.25) is 37.3 Å². The lowest BCUT2D eigenvalue weighted by molar-refractivity contribution is -0.161. The van der Waals surface area contributed by atoms with Crippen LogP contribution in [0.15, 0.2) is 0 Å². The molecule has 0 radical (unpaired) electrons. The molecular weight excluding hydrogens is 1260 g/mol. The van der Waals surface area contributed by atoms with Crippen molar-refractivity contribution in [1.82, 2.24) is 0 Å². The van der Waals surface area contributed by atoms with Crippen LogP contribution in [0.1, 0.15) is 389 Å². The van der Waals surface area contributed by atoms with Crippen LogP contribution in [0, 0.1) is 23.7 Å². The molecule has 0 rings (SSSR count). The van der Waals surface area contributed by atoms with Crippen molar-refractivity contribution in [3.05, 3.63) is 0 Å². The summed E-state index contributed by atoms with van der Waals surface area (Å²) in [5, 5.41) is 10.6. The Morgan fingerprint density at radius 2 is 0.500 bits per heavy atom. The number of esters is 4. The minimum absolute atomic E-state index is 0.104. The van der Waals surface area contributed by atoms with Crippen molar-refractivity contribution >= 4 is 39.5 Å². The van der Waals surface area contributed by atoms with E-state index >= 15 is 0 Å². The average Bonchev–Trinajstić information content (AvgIpc) is 1.41. The first-order valence-electron chi connectivity index (χ1n) is 39.8. The standard InChI is InChI=1S/C77H150O17P2/c1-9-69(7)55-47-39-30-24-19-17-15-13-11-12-14-16-18-20-25-32-41-49-57-74(79)87-63-72(94-77(82)60-52-44-34-28-27-31-40-48-56-70(8)10-2)65-91-95(83,84)89-61-71(78)62-90-96(85,86)92-66-73(64-88-75(80)58-50-42-36-35-38-46-54-68(5)6)93-76(81)59-51-43-33-26-22-21-23-29-37-45-53-67(3)4/h67-73,78H,9-66H2,1-8H3,(H,83,84)(H,85,86)/t69?,70?,71-,72-,73-/m1/s1. The summed E-state index contributed by atoms with van der Waals surface area (Å²) in [6.07, 6.45) is 51.6. The first-order valence-corrected chi connectivity index (χ1v) is 42.8. The highest BCUT2D eigenvalue weighted by molar-refractivity contribution is 7.47. The molecule has 0 saturated carbocycles. The number of aliphatic hydroxyl groups is 1. The van der Waals surface area contributed by atoms with Crippen molar-refractivity contribution in [2.45, 2.75) is 408 Å². The number of carbonyl (C=O) groups is 4. The van der Waals surface area contributed by atoms with Crippen LogP contribution >= 0.6 is 15.6 Å². The van der Waals surface area contributed by atoms with E-state index in [2.05, 4.69) is 55.4 Å². The second-order valence-corrected chi connectivity index (χ2v) is 32.1. The summed E-state index contributed by atoms with van der Waals surface area (Å²) in [7, 11) is -9.91. The van der Waals surface area contributed by atoms with E-state index < -0.39 is 97.5 Å². The Morgan fingerprint density at radius 3 is 0.740 bits per heavy atom. The van der Waals surface area contributed by atoms with Gasteiger partial charge < -0.3 is 33.8 Å². The number of ether oxygens (including phenoxy) is 4. The molecule has 4 unspecified atom stereocenters. The summed E-state index contributed by atoms with van der Waals surface area (Å²) in [6, 6.07) is 0. The summed E-state index contributed by atoms with van der Waals surface area (Å²) in [5.74, 6) is 0.950. The third-order valence-corrected chi connectivity index (χ3v) is 20.4. The predicted octanol–water partition coefficient (Wildman–Crippen LogP) is 22.4. The molecule has 0 aromatic heterocycles. The average molecular weight is 1410 g/mol. The van der Waals surface area contributed by atoms with Crippen LogP contribution in [0.3, 0.4) is 0 Å². The fourth-order valence-electron chi connectivity index (χ4n) is 11.7. The third-order valence-electron chi connectivity index (χ3n) is 18.5. The Morgan fingerprint density at radius 1 is 0.292 bits per heavy atom. The Kier molecular flexibility index (Phi) is 65.0. The molecule has 0 heterocycles. The van der Waals surface area contributed by atoms with Crippen molar-refractivity contribution in [2.75, 3.05) is 39.6 Å². The highest BCUT2D eigenvalue weighted by atomic mass is 31.2. The second-order valence-electron chi connectivity index (χ2n) is 29.2. The summed E-state index contributed by atoms with van der Waals surface area (Å²) >= 11 is 0. The van der Waals surface area contributed by atoms with Crippen LogP contribution in [-0.4, -0.2) is 96.7 Å². The highest BCUT2D eigenvalue weighted by Crippen LogP contribution is 2.45. The molecule has 3 N–H and O–H groups in total. The first kappa shape index (κ1) is 94.1. The van der Waals surface area contributed by atoms with E-state index in [1.165, 1.54) is 186 Å². The highest BCUT2D eigenvalue weighted by Gasteiger charge is 2.30. The molecule has 0 aliphatic heterocycles. The van der Waals surface area contributed by atoms with Crippen LogP contribution in [-0.2, 0) is 65.4 Å². The normalized spacial score (nSPS) is 14.7. The number of hydrogen-bond donors (Lipinski definition) is 3. The number of phosphoric ester groups is 2. The molecule has 0 aliphatic carbocycles. The number of rotatable bonds is 74. The summed E-state index contributed by atoms with van der Waals surface area (Å²) in [4.78, 5) is 72.8. The van der Waals surface area contributed by atoms with Gasteiger partial charge in [0.1, 0.15) is 19.3 Å². The van der Waals surface area contributed by atoms with Gasteiger partial charge in [-0.15, -0.1) is 0 Å². The van der Waals surface area contributed by atoms with Gasteiger partial charge >= 0.3 is 39.5 Å². The van der Waals surface area contributed by atoms with Gasteiger partial charge in [0.25, 0.3) is 0 Å². The fraction of sp³-hybridized carbons (Fsp3) is 0.948. The van der Waals surface area contributed by atoms with Gasteiger partial charge in [-0.1, -0.05) is 338 Å². The SMILES string of the molecule is CCC(C)CCCCCCCCCCCCCCCCCCCCC(=O)OC[C@H](COP(=O)(O)OC[C@@H](O)COP(=O)(O)OC[C@@H](COC(=O)CCCCCCCCC(C)C)OC(=O)CCCCCCCCCCCCC(C)C)OC(=O)CCCCCCCCCCC(C)CC. The van der Waals surface area contributed by atoms with Gasteiger partial charge in [-0.05, 0) is 49.4 Å². The third kappa shape index (κ3) is 67.9. The number of carbonyl (C=O) groups excluding carboxylic acids is 4. The van der Waals surface area contributed by atoms with Crippen LogP contribution in [0.5, 0.6) is 0 Å². The predicted molar refractivity (Wildman–Crippen MR) is 391 cm³/mol. The zero-order valence-electron chi connectivity index (χ0n) is 63.0. The fourth-order valence-corrected chi connectivity index (χ4v) is 13.2. The van der Waals surface area contributed by atoms with E-state index in [0.717, 1.165) is 114 Å². The molecule has 7 atom stereocenters. The van der Waals surface area contributed by atoms with Crippen LogP contribution in [0.25, 0.3) is 0 Å². The maximum absolute atomic E-state index is 13.1. The van der Waals surface area contributed by atoms with Gasteiger partial charge in [0.15, 0.2) is 12.2 Å². The number of aliphatic hydroxyl groups excluding tert-OH is 1. The van der Waals surface area contributed by atoms with E-state index in [0.29, 0.717) is 31.6 Å². The number of phosphoric acid groups is 2. The van der Waals surface area contributed by atoms with Crippen molar-refractivity contribution in [2.24, 2.45) is 23.7 Å². The molecule has 0 aromatic rings. The minimum Gasteiger partial charge on any atom is -0.462 e. The van der Waals surface area contributed by atoms with Gasteiger partial charge in [0.2, 0.25) is 0 Å². The Labute approximate surface area is 588 Å². The first-order chi connectivity index (χ1) is 46.2. The van der Waals surface area contributed by atoms with Gasteiger partial charge in [-0.2, -0.15) is 0 Å². The number of hydrogen-bond acceptors (Lipinski definition) is 15. The van der Waals surface area contributed by atoms with Crippen molar-refractivity contribution in [3.63, 3.8) is 0 Å². The Balaban J connectivity index is 5.16. The molecule has 0 aromatic carbocycles. The summed E-state index contributed by atoms with van der Waals surface area (Å²) in [6.45, 7) is 14.2. The van der Waals surface area contributed by atoms with Crippen molar-refractivity contribution < 1.29 is 80.2 Å². The molecule has 0 fully saturated rings. The molecule has 0 aliphatic rings. The van der Waals surface area contributed by atoms with Crippen LogP contribution < -0.4 is 0 Å². The van der Waals surface area contributed by atoms with Crippen molar-refractivity contribution in [3.8, 4) is 0 Å². The molecule has 0 bridgehead atoms. The maximum Gasteiger partial charge on any atom is 0.472 e. The molecule has 0 saturated heterocycles. The second kappa shape index (κ2) is 66.3. The lowest BCUT2D eigenvalue weighted by Gasteiger charge is -2.21. The summed E-state index contributed by atoms with van der Waals surface area (Å²) in [5.41, 5.74) is 0. The molecule has 17 nitrogen and oxygen atoms in total. The van der Waals surface area contributed by atoms with E-state index in [-0.39, 0.29) is 25.7 Å². The summed E-state index contributed by atoms with van der Waals surface area (Å²) < 4.78 is 68.5. The van der Waals surface area contributed by atoms with Gasteiger partial charge in [-0.25, -0.2) is 9.13 Å². The van der Waals surface area contributed by atoms with E-state index in [4.69, 9.17) is 37.0 Å². The maximum atomic E-state index is 13.1. The van der Waals surface area contributed by atoms with Crippen LogP contribution in [0.2, 0.25) is 0 Å². The molecule has 0 amide bonds. The van der Waals surface area contributed by atoms with E-state index in [1.54, 1.807) is 0 Å². The quantitative estimate of drug-likeness (QED) is 0.0222. The van der Waals surface area contributed by atoms with Gasteiger partial charge in [0.05, 0.1) is 26.4 Å². The topological polar surface area (TPSA) is 237 Å². The zero-order chi connectivity index (χ0) is 71.0. The van der Waals surface area contributed by atoms with E-state index in [1.807, 2.05) is 0 Å². The van der Waals surface area contributed by atoms with Crippen molar-refractivity contribution in [1.29, 1.82) is 0 Å². The molecular formula is C77H150O17P2. The van der Waals surface area contributed by atoms with E-state index in [9.17, 15) is 43.2 Å². The Hall–Kier alpha value is -1.94. The molecule has 96 heavy (non-hydrogen) atoms.